The first-order valence-electron chi connectivity index (χ1n) is 5.43. The van der Waals surface area contributed by atoms with Crippen molar-refractivity contribution in [2.24, 2.45) is 5.73 Å². The number of hydrogen-bond acceptors (Lipinski definition) is 3. The molecule has 0 radical (unpaired) electrons. The second kappa shape index (κ2) is 5.67. The minimum absolute atomic E-state index is 0.263. The molecule has 1 amide bonds. The topological polar surface area (TPSA) is 69.4 Å². The summed E-state index contributed by atoms with van der Waals surface area (Å²) in [6.07, 6.45) is 0.689. The largest absolute Gasteiger partial charge is 0.456 e. The lowest BCUT2D eigenvalue weighted by Crippen LogP contribution is -2.12. The van der Waals surface area contributed by atoms with E-state index < -0.39 is 5.91 Å². The zero-order valence-corrected chi connectivity index (χ0v) is 11.4. The van der Waals surface area contributed by atoms with Gasteiger partial charge in [0.1, 0.15) is 11.5 Å². The van der Waals surface area contributed by atoms with Crippen molar-refractivity contribution in [1.82, 2.24) is 0 Å². The Labute approximate surface area is 118 Å². The first-order chi connectivity index (χ1) is 9.11. The molecule has 0 unspecified atom stereocenters. The summed E-state index contributed by atoms with van der Waals surface area (Å²) in [6, 6.07) is 11.6. The third-order valence-corrected chi connectivity index (χ3v) is 2.97. The maximum Gasteiger partial charge on any atom is 0.252 e. The van der Waals surface area contributed by atoms with Crippen LogP contribution in [0, 0.1) is 0 Å². The monoisotopic (exact) mass is 319 g/mol. The third kappa shape index (κ3) is 3.00. The number of amides is 1. The molecule has 0 fully saturated rings. The highest BCUT2D eigenvalue weighted by molar-refractivity contribution is 9.10. The molecule has 0 aromatic heterocycles. The Balaban J connectivity index is 2.44. The highest BCUT2D eigenvalue weighted by Gasteiger charge is 2.11. The molecule has 0 aliphatic rings. The Morgan fingerprint density at radius 2 is 1.89 bits per heavy atom. The molecule has 0 bridgehead atoms. The maximum atomic E-state index is 11.3. The number of aldehydes is 1. The lowest BCUT2D eigenvalue weighted by Gasteiger charge is -2.11. The van der Waals surface area contributed by atoms with Crippen molar-refractivity contribution < 1.29 is 14.3 Å². The van der Waals surface area contributed by atoms with Gasteiger partial charge in [0.2, 0.25) is 0 Å². The Morgan fingerprint density at radius 1 is 1.16 bits per heavy atom. The van der Waals surface area contributed by atoms with Gasteiger partial charge in [-0.1, -0.05) is 28.1 Å². The normalized spacial score (nSPS) is 9.95. The number of halogens is 1. The molecular formula is C14H10BrNO3. The van der Waals surface area contributed by atoms with Crippen LogP contribution in [0.3, 0.4) is 0 Å². The van der Waals surface area contributed by atoms with Gasteiger partial charge in [0.25, 0.3) is 5.91 Å². The van der Waals surface area contributed by atoms with E-state index in [4.69, 9.17) is 10.5 Å². The van der Waals surface area contributed by atoms with Crippen LogP contribution in [0.2, 0.25) is 0 Å². The lowest BCUT2D eigenvalue weighted by atomic mass is 10.2. The van der Waals surface area contributed by atoms with Crippen LogP contribution in [0.5, 0.6) is 11.5 Å². The van der Waals surface area contributed by atoms with Gasteiger partial charge in [-0.15, -0.1) is 0 Å². The Morgan fingerprint density at radius 3 is 2.58 bits per heavy atom. The molecule has 4 nitrogen and oxygen atoms in total. The number of rotatable bonds is 4. The van der Waals surface area contributed by atoms with E-state index in [-0.39, 0.29) is 5.56 Å². The predicted molar refractivity (Wildman–Crippen MR) is 74.6 cm³/mol. The first kappa shape index (κ1) is 13.3. The second-order valence-electron chi connectivity index (χ2n) is 3.76. The second-order valence-corrected chi connectivity index (χ2v) is 4.68. The molecule has 0 aliphatic carbocycles. The number of para-hydroxylation sites is 1. The summed E-state index contributed by atoms with van der Waals surface area (Å²) in [5.41, 5.74) is 5.93. The minimum atomic E-state index is -0.585. The fourth-order valence-corrected chi connectivity index (χ4v) is 1.91. The molecule has 0 atom stereocenters. The van der Waals surface area contributed by atoms with Crippen LogP contribution < -0.4 is 10.5 Å². The molecule has 2 aromatic carbocycles. The van der Waals surface area contributed by atoms with Crippen molar-refractivity contribution in [2.45, 2.75) is 0 Å². The Kier molecular flexibility index (Phi) is 3.97. The molecule has 0 saturated carbocycles. The average molecular weight is 320 g/mol. The van der Waals surface area contributed by atoms with Gasteiger partial charge >= 0.3 is 0 Å². The van der Waals surface area contributed by atoms with Crippen LogP contribution in [0.25, 0.3) is 0 Å². The lowest BCUT2D eigenvalue weighted by molar-refractivity contribution is 0.0998. The quantitative estimate of drug-likeness (QED) is 0.880. The highest BCUT2D eigenvalue weighted by atomic mass is 79.9. The summed E-state index contributed by atoms with van der Waals surface area (Å²) >= 11 is 3.30. The van der Waals surface area contributed by atoms with Gasteiger partial charge in [0.15, 0.2) is 6.29 Å². The summed E-state index contributed by atoms with van der Waals surface area (Å²) in [5, 5.41) is 0. The minimum Gasteiger partial charge on any atom is -0.456 e. The molecule has 2 aromatic rings. The molecule has 0 saturated heterocycles. The van der Waals surface area contributed by atoms with E-state index in [0.717, 1.165) is 4.47 Å². The first-order valence-corrected chi connectivity index (χ1v) is 6.22. The molecular weight excluding hydrogens is 310 g/mol. The smallest absolute Gasteiger partial charge is 0.252 e. The van der Waals surface area contributed by atoms with Gasteiger partial charge in [-0.3, -0.25) is 9.59 Å². The van der Waals surface area contributed by atoms with Crippen LogP contribution >= 0.6 is 15.9 Å². The summed E-state index contributed by atoms with van der Waals surface area (Å²) in [6.45, 7) is 0. The van der Waals surface area contributed by atoms with Gasteiger partial charge in [-0.25, -0.2) is 0 Å². The number of carbonyl (C=O) groups excluding carboxylic acids is 2. The van der Waals surface area contributed by atoms with Crippen molar-refractivity contribution in [3.05, 3.63) is 58.1 Å². The van der Waals surface area contributed by atoms with Crippen molar-refractivity contribution in [3.63, 3.8) is 0 Å². The molecule has 0 heterocycles. The highest BCUT2D eigenvalue weighted by Crippen LogP contribution is 2.29. The zero-order valence-electron chi connectivity index (χ0n) is 9.80. The van der Waals surface area contributed by atoms with Crippen molar-refractivity contribution >= 4 is 28.1 Å². The van der Waals surface area contributed by atoms with E-state index in [1.54, 1.807) is 42.5 Å². The van der Waals surface area contributed by atoms with Crippen LogP contribution in [-0.4, -0.2) is 12.2 Å². The van der Waals surface area contributed by atoms with Gasteiger partial charge in [-0.2, -0.15) is 0 Å². The van der Waals surface area contributed by atoms with Crippen molar-refractivity contribution in [2.75, 3.05) is 0 Å². The van der Waals surface area contributed by atoms with Gasteiger partial charge in [-0.05, 0) is 30.3 Å². The molecule has 2 N–H and O–H groups in total. The van der Waals surface area contributed by atoms with Gasteiger partial charge in [0.05, 0.1) is 11.1 Å². The fraction of sp³-hybridized carbons (Fsp3) is 0. The van der Waals surface area contributed by atoms with E-state index in [0.29, 0.717) is 23.3 Å². The number of hydrogen-bond donors (Lipinski definition) is 1. The average Bonchev–Trinajstić information content (AvgIpc) is 2.39. The molecule has 0 aliphatic heterocycles. The molecule has 5 heteroatoms. The van der Waals surface area contributed by atoms with E-state index in [1.807, 2.05) is 0 Å². The van der Waals surface area contributed by atoms with Crippen LogP contribution in [-0.2, 0) is 0 Å². The van der Waals surface area contributed by atoms with Gasteiger partial charge < -0.3 is 10.5 Å². The maximum absolute atomic E-state index is 11.3. The van der Waals surface area contributed by atoms with E-state index in [9.17, 15) is 9.59 Å². The van der Waals surface area contributed by atoms with Crippen molar-refractivity contribution in [3.8, 4) is 11.5 Å². The third-order valence-electron chi connectivity index (χ3n) is 2.48. The van der Waals surface area contributed by atoms with Crippen LogP contribution in [0.15, 0.2) is 46.9 Å². The molecule has 2 rings (SSSR count). The number of primary amides is 1. The molecule has 0 spiro atoms. The summed E-state index contributed by atoms with van der Waals surface area (Å²) in [4.78, 5) is 22.3. The number of ether oxygens (including phenoxy) is 1. The van der Waals surface area contributed by atoms with E-state index in [1.165, 1.54) is 0 Å². The SMILES string of the molecule is NC(=O)c1ccccc1Oc1cc(Br)ccc1C=O. The number of carbonyl (C=O) groups is 2. The molecule has 96 valence electrons. The fourth-order valence-electron chi connectivity index (χ4n) is 1.57. The Hall–Kier alpha value is -2.14. The standard InChI is InChI=1S/C14H10BrNO3/c15-10-6-5-9(8-17)13(7-10)19-12-4-2-1-3-11(12)14(16)18/h1-8H,(H2,16,18). The van der Waals surface area contributed by atoms with Crippen LogP contribution in [0.4, 0.5) is 0 Å². The summed E-state index contributed by atoms with van der Waals surface area (Å²) in [5.74, 6) is 0.0903. The number of nitrogens with two attached hydrogens (primary N) is 1. The molecule has 19 heavy (non-hydrogen) atoms. The number of benzene rings is 2. The van der Waals surface area contributed by atoms with Crippen LogP contribution in [0.1, 0.15) is 20.7 Å². The van der Waals surface area contributed by atoms with E-state index in [2.05, 4.69) is 15.9 Å². The predicted octanol–water partition coefficient (Wildman–Crippen LogP) is 3.15. The van der Waals surface area contributed by atoms with Crippen molar-refractivity contribution in [1.29, 1.82) is 0 Å². The summed E-state index contributed by atoms with van der Waals surface area (Å²) in [7, 11) is 0. The summed E-state index contributed by atoms with van der Waals surface area (Å²) < 4.78 is 6.38. The Bertz CT molecular complexity index is 640. The van der Waals surface area contributed by atoms with Gasteiger partial charge in [0, 0.05) is 4.47 Å². The zero-order chi connectivity index (χ0) is 13.8. The van der Waals surface area contributed by atoms with E-state index >= 15 is 0 Å².